The Morgan fingerprint density at radius 1 is 1.16 bits per heavy atom. The highest BCUT2D eigenvalue weighted by molar-refractivity contribution is 5.81. The zero-order chi connectivity index (χ0) is 18.2. The number of hydrogen-bond donors (Lipinski definition) is 1. The molecule has 0 amide bonds. The number of imidazole rings is 1. The molecule has 0 bridgehead atoms. The number of ether oxygens (including phenoxy) is 5. The maximum atomic E-state index is 11.4. The number of nitrogen functional groups attached to an aromatic ring is 1. The van der Waals surface area contributed by atoms with Gasteiger partial charge in [-0.15, -0.1) is 0 Å². The molecule has 1 unspecified atom stereocenters. The minimum Gasteiger partial charge on any atom is -0.438 e. The van der Waals surface area contributed by atoms with E-state index in [2.05, 4.69) is 24.4 Å². The lowest BCUT2D eigenvalue weighted by Gasteiger charge is -2.18. The average Bonchev–Trinajstić information content (AvgIpc) is 3.05. The molecular weight excluding hydrogens is 338 g/mol. The van der Waals surface area contributed by atoms with Crippen LogP contribution >= 0.6 is 0 Å². The molecule has 0 spiro atoms. The number of hydrogen-bond acceptors (Lipinski definition) is 11. The zero-order valence-corrected chi connectivity index (χ0v) is 13.6. The smallest absolute Gasteiger partial charge is 0.438 e. The molecule has 0 aliphatic carbocycles. The average molecular weight is 355 g/mol. The van der Waals surface area contributed by atoms with E-state index in [0.29, 0.717) is 17.6 Å². The van der Waals surface area contributed by atoms with E-state index < -0.39 is 18.7 Å². The highest BCUT2D eigenvalue weighted by Gasteiger charge is 2.21. The van der Waals surface area contributed by atoms with E-state index >= 15 is 0 Å². The van der Waals surface area contributed by atoms with Crippen LogP contribution in [0.2, 0.25) is 0 Å². The second kappa shape index (κ2) is 8.63. The Labute approximate surface area is 141 Å². The maximum Gasteiger partial charge on any atom is 0.511 e. The fraction of sp³-hybridized carbons (Fsp3) is 0.462. The van der Waals surface area contributed by atoms with Crippen molar-refractivity contribution in [2.75, 3.05) is 33.2 Å². The molecule has 2 rings (SSSR count). The standard InChI is InChI=1S/C13H17N5O7/c1-21-12(19)24-5-3-4-23-11(25-13(20)22-2)18-7-17-8-9(14)15-6-16-10(8)18/h6-7,11H,3-5H2,1-2H3,(H2,14,15,16). The second-order valence-corrected chi connectivity index (χ2v) is 4.49. The van der Waals surface area contributed by atoms with Gasteiger partial charge in [0.25, 0.3) is 6.41 Å². The topological polar surface area (TPSA) is 150 Å². The molecule has 0 aliphatic heterocycles. The van der Waals surface area contributed by atoms with Gasteiger partial charge in [-0.25, -0.2) is 24.5 Å². The van der Waals surface area contributed by atoms with Gasteiger partial charge in [-0.1, -0.05) is 0 Å². The third-order valence-corrected chi connectivity index (χ3v) is 2.91. The summed E-state index contributed by atoms with van der Waals surface area (Å²) in [6.45, 7) is 0.163. The Kier molecular flexibility index (Phi) is 6.28. The molecule has 0 aliphatic rings. The number of fused-ring (bicyclic) bond motifs is 1. The van der Waals surface area contributed by atoms with Crippen LogP contribution in [0.3, 0.4) is 0 Å². The van der Waals surface area contributed by atoms with Gasteiger partial charge in [-0.05, 0) is 0 Å². The molecule has 0 fully saturated rings. The van der Waals surface area contributed by atoms with Gasteiger partial charge in [0.15, 0.2) is 11.5 Å². The molecule has 25 heavy (non-hydrogen) atoms. The van der Waals surface area contributed by atoms with Crippen LogP contribution in [0.1, 0.15) is 12.8 Å². The number of carbonyl (C=O) groups is 2. The first-order chi connectivity index (χ1) is 12.1. The fourth-order valence-corrected chi connectivity index (χ4v) is 1.78. The monoisotopic (exact) mass is 355 g/mol. The van der Waals surface area contributed by atoms with Crippen molar-refractivity contribution in [3.8, 4) is 0 Å². The van der Waals surface area contributed by atoms with Gasteiger partial charge in [-0.2, -0.15) is 0 Å². The molecular formula is C13H17N5O7. The van der Waals surface area contributed by atoms with Crippen LogP contribution in [0.15, 0.2) is 12.7 Å². The second-order valence-electron chi connectivity index (χ2n) is 4.49. The van der Waals surface area contributed by atoms with Gasteiger partial charge >= 0.3 is 12.3 Å². The minimum absolute atomic E-state index is 0.0669. The predicted octanol–water partition coefficient (Wildman–Crippen LogP) is 0.837. The van der Waals surface area contributed by atoms with Gasteiger partial charge in [0, 0.05) is 6.42 Å². The fourth-order valence-electron chi connectivity index (χ4n) is 1.78. The van der Waals surface area contributed by atoms with Gasteiger partial charge < -0.3 is 29.4 Å². The molecule has 0 aromatic carbocycles. The van der Waals surface area contributed by atoms with Gasteiger partial charge in [-0.3, -0.25) is 4.57 Å². The normalized spacial score (nSPS) is 11.8. The third-order valence-electron chi connectivity index (χ3n) is 2.91. The summed E-state index contributed by atoms with van der Waals surface area (Å²) in [6, 6.07) is 0. The molecule has 2 aromatic heterocycles. The molecule has 2 N–H and O–H groups in total. The molecule has 1 atom stereocenters. The Morgan fingerprint density at radius 2 is 1.92 bits per heavy atom. The molecule has 2 heterocycles. The summed E-state index contributed by atoms with van der Waals surface area (Å²) < 4.78 is 25.4. The zero-order valence-electron chi connectivity index (χ0n) is 13.6. The van der Waals surface area contributed by atoms with Crippen molar-refractivity contribution < 1.29 is 33.3 Å². The molecule has 2 aromatic rings. The highest BCUT2D eigenvalue weighted by Crippen LogP contribution is 2.21. The number of carbonyl (C=O) groups excluding carboxylic acids is 2. The van der Waals surface area contributed by atoms with E-state index in [9.17, 15) is 9.59 Å². The van der Waals surface area contributed by atoms with E-state index in [1.165, 1.54) is 24.3 Å². The summed E-state index contributed by atoms with van der Waals surface area (Å²) in [5.74, 6) is 0.173. The van der Waals surface area contributed by atoms with Gasteiger partial charge in [0.1, 0.15) is 18.2 Å². The number of methoxy groups -OCH3 is 2. The number of anilines is 1. The van der Waals surface area contributed by atoms with Gasteiger partial charge in [0.2, 0.25) is 0 Å². The van der Waals surface area contributed by atoms with Crippen LogP contribution in [0.25, 0.3) is 11.2 Å². The minimum atomic E-state index is -1.20. The number of nitrogens with two attached hydrogens (primary N) is 1. The molecule has 0 saturated heterocycles. The summed E-state index contributed by atoms with van der Waals surface area (Å²) in [5, 5.41) is 0. The number of rotatable bonds is 7. The van der Waals surface area contributed by atoms with E-state index in [0.717, 1.165) is 7.11 Å². The lowest BCUT2D eigenvalue weighted by Crippen LogP contribution is -2.21. The van der Waals surface area contributed by atoms with E-state index in [1.807, 2.05) is 0 Å². The van der Waals surface area contributed by atoms with Crippen LogP contribution in [0.5, 0.6) is 0 Å². The van der Waals surface area contributed by atoms with Crippen molar-refractivity contribution in [2.24, 2.45) is 0 Å². The van der Waals surface area contributed by atoms with Crippen molar-refractivity contribution >= 4 is 29.3 Å². The first-order valence-electron chi connectivity index (χ1n) is 7.06. The van der Waals surface area contributed by atoms with E-state index in [1.54, 1.807) is 0 Å². The summed E-state index contributed by atoms with van der Waals surface area (Å²) in [7, 11) is 2.37. The quantitative estimate of drug-likeness (QED) is 0.427. The van der Waals surface area contributed by atoms with E-state index in [-0.39, 0.29) is 19.0 Å². The Balaban J connectivity index is 2.06. The third kappa shape index (κ3) is 4.67. The maximum absolute atomic E-state index is 11.4. The predicted molar refractivity (Wildman–Crippen MR) is 81.2 cm³/mol. The van der Waals surface area contributed by atoms with Crippen LogP contribution in [0, 0.1) is 0 Å². The molecule has 0 saturated carbocycles. The first kappa shape index (κ1) is 18.2. The van der Waals surface area contributed by atoms with E-state index in [4.69, 9.17) is 19.9 Å². The summed E-state index contributed by atoms with van der Waals surface area (Å²) >= 11 is 0. The van der Waals surface area contributed by atoms with Gasteiger partial charge in [0.05, 0.1) is 27.4 Å². The summed E-state index contributed by atoms with van der Waals surface area (Å²) in [4.78, 5) is 34.2. The molecule has 136 valence electrons. The SMILES string of the molecule is COC(=O)OCCCOC(OC(=O)OC)n1cnc2c(N)ncnc21. The Hall–Kier alpha value is -3.15. The lowest BCUT2D eigenvalue weighted by molar-refractivity contribution is -0.166. The number of nitrogens with zero attached hydrogens (tertiary/aromatic N) is 4. The Bertz CT molecular complexity index is 735. The Morgan fingerprint density at radius 3 is 2.64 bits per heavy atom. The largest absolute Gasteiger partial charge is 0.511 e. The first-order valence-corrected chi connectivity index (χ1v) is 7.06. The van der Waals surface area contributed by atoms with Crippen molar-refractivity contribution in [1.82, 2.24) is 19.5 Å². The number of aromatic nitrogens is 4. The lowest BCUT2D eigenvalue weighted by atomic mass is 10.5. The van der Waals surface area contributed by atoms with Crippen LogP contribution in [-0.4, -0.2) is 59.3 Å². The van der Waals surface area contributed by atoms with Crippen molar-refractivity contribution in [2.45, 2.75) is 12.8 Å². The summed E-state index contributed by atoms with van der Waals surface area (Å²) in [5.41, 5.74) is 6.36. The molecule has 12 nitrogen and oxygen atoms in total. The molecule has 0 radical (unpaired) electrons. The summed E-state index contributed by atoms with van der Waals surface area (Å²) in [6.07, 6.45) is -0.0386. The molecule has 12 heteroatoms. The van der Waals surface area contributed by atoms with Crippen molar-refractivity contribution in [3.05, 3.63) is 12.7 Å². The van der Waals surface area contributed by atoms with Crippen LogP contribution in [-0.2, 0) is 23.7 Å². The van der Waals surface area contributed by atoms with Crippen molar-refractivity contribution in [1.29, 1.82) is 0 Å². The van der Waals surface area contributed by atoms with Crippen molar-refractivity contribution in [3.63, 3.8) is 0 Å². The van der Waals surface area contributed by atoms with Crippen LogP contribution < -0.4 is 5.73 Å². The van der Waals surface area contributed by atoms with Crippen LogP contribution in [0.4, 0.5) is 15.4 Å². The highest BCUT2D eigenvalue weighted by atomic mass is 16.8.